The quantitative estimate of drug-likeness (QED) is 0.445. The van der Waals surface area contributed by atoms with Gasteiger partial charge in [0.05, 0.1) is 12.8 Å². The summed E-state index contributed by atoms with van der Waals surface area (Å²) in [5, 5.41) is 9.37. The Labute approximate surface area is 74.9 Å². The van der Waals surface area contributed by atoms with Crippen LogP contribution in [0.25, 0.3) is 0 Å². The highest BCUT2D eigenvalue weighted by Crippen LogP contribution is 2.32. The van der Waals surface area contributed by atoms with Crippen molar-refractivity contribution in [1.29, 1.82) is 0 Å². The lowest BCUT2D eigenvalue weighted by Crippen LogP contribution is -2.13. The summed E-state index contributed by atoms with van der Waals surface area (Å²) < 4.78 is 4.83. The SMILES string of the molecule is COc1ccc(N)c(O)c1C(N)=O. The van der Waals surface area contributed by atoms with Gasteiger partial charge >= 0.3 is 0 Å². The van der Waals surface area contributed by atoms with Crippen molar-refractivity contribution in [3.05, 3.63) is 17.7 Å². The first-order valence-electron chi connectivity index (χ1n) is 3.53. The highest BCUT2D eigenvalue weighted by atomic mass is 16.5. The van der Waals surface area contributed by atoms with Crippen molar-refractivity contribution in [3.63, 3.8) is 0 Å². The van der Waals surface area contributed by atoms with Crippen molar-refractivity contribution in [2.75, 3.05) is 12.8 Å². The molecule has 70 valence electrons. The number of carbonyl (C=O) groups excluding carboxylic acids is 1. The second-order valence-corrected chi connectivity index (χ2v) is 2.44. The summed E-state index contributed by atoms with van der Waals surface area (Å²) in [6.07, 6.45) is 0. The third-order valence-electron chi connectivity index (χ3n) is 1.64. The third-order valence-corrected chi connectivity index (χ3v) is 1.64. The Kier molecular flexibility index (Phi) is 2.27. The number of amides is 1. The molecule has 0 saturated heterocycles. The highest BCUT2D eigenvalue weighted by molar-refractivity contribution is 6.00. The van der Waals surface area contributed by atoms with Gasteiger partial charge in [-0.15, -0.1) is 0 Å². The van der Waals surface area contributed by atoms with Crippen molar-refractivity contribution < 1.29 is 14.6 Å². The first-order valence-corrected chi connectivity index (χ1v) is 3.53. The van der Waals surface area contributed by atoms with E-state index in [-0.39, 0.29) is 22.7 Å². The van der Waals surface area contributed by atoms with Crippen LogP contribution in [0.15, 0.2) is 12.1 Å². The molecule has 1 aromatic carbocycles. The van der Waals surface area contributed by atoms with Crippen LogP contribution >= 0.6 is 0 Å². The molecule has 5 heteroatoms. The molecule has 0 radical (unpaired) electrons. The van der Waals surface area contributed by atoms with Crippen molar-refractivity contribution in [1.82, 2.24) is 0 Å². The van der Waals surface area contributed by atoms with Gasteiger partial charge in [0.2, 0.25) is 0 Å². The lowest BCUT2D eigenvalue weighted by molar-refractivity contribution is 0.0995. The maximum atomic E-state index is 10.9. The smallest absolute Gasteiger partial charge is 0.256 e. The average Bonchev–Trinajstić information content (AvgIpc) is 2.08. The fraction of sp³-hybridized carbons (Fsp3) is 0.125. The van der Waals surface area contributed by atoms with E-state index in [1.54, 1.807) is 0 Å². The lowest BCUT2D eigenvalue weighted by atomic mass is 10.1. The number of rotatable bonds is 2. The molecule has 1 aromatic rings. The van der Waals surface area contributed by atoms with Gasteiger partial charge in [-0.05, 0) is 12.1 Å². The number of carbonyl (C=O) groups is 1. The summed E-state index contributed by atoms with van der Waals surface area (Å²) in [5.41, 5.74) is 10.4. The van der Waals surface area contributed by atoms with Crippen LogP contribution in [0.4, 0.5) is 5.69 Å². The van der Waals surface area contributed by atoms with Crippen LogP contribution in [0.2, 0.25) is 0 Å². The second-order valence-electron chi connectivity index (χ2n) is 2.44. The van der Waals surface area contributed by atoms with E-state index < -0.39 is 5.91 Å². The van der Waals surface area contributed by atoms with Crippen LogP contribution < -0.4 is 16.2 Å². The van der Waals surface area contributed by atoms with Gasteiger partial charge in [-0.3, -0.25) is 4.79 Å². The number of phenols is 1. The molecule has 13 heavy (non-hydrogen) atoms. The molecule has 1 amide bonds. The highest BCUT2D eigenvalue weighted by Gasteiger charge is 2.16. The molecule has 5 nitrogen and oxygen atoms in total. The zero-order valence-electron chi connectivity index (χ0n) is 7.07. The maximum Gasteiger partial charge on any atom is 0.256 e. The normalized spacial score (nSPS) is 9.62. The van der Waals surface area contributed by atoms with Gasteiger partial charge in [-0.2, -0.15) is 0 Å². The fourth-order valence-electron chi connectivity index (χ4n) is 0.997. The van der Waals surface area contributed by atoms with E-state index in [9.17, 15) is 9.90 Å². The van der Waals surface area contributed by atoms with Crippen LogP contribution in [0.5, 0.6) is 11.5 Å². The minimum atomic E-state index is -0.776. The van der Waals surface area contributed by atoms with E-state index in [4.69, 9.17) is 16.2 Å². The van der Waals surface area contributed by atoms with E-state index in [0.717, 1.165) is 0 Å². The predicted octanol–water partition coefficient (Wildman–Crippen LogP) is 0.0819. The number of nitrogens with two attached hydrogens (primary N) is 2. The van der Waals surface area contributed by atoms with Crippen molar-refractivity contribution in [2.45, 2.75) is 0 Å². The van der Waals surface area contributed by atoms with Crippen molar-refractivity contribution >= 4 is 11.6 Å². The van der Waals surface area contributed by atoms with Gasteiger partial charge in [0.1, 0.15) is 11.3 Å². The largest absolute Gasteiger partial charge is 0.505 e. The Balaban J connectivity index is 3.41. The number of methoxy groups -OCH3 is 1. The minimum Gasteiger partial charge on any atom is -0.505 e. The second kappa shape index (κ2) is 3.22. The molecule has 0 aliphatic rings. The van der Waals surface area contributed by atoms with Gasteiger partial charge in [0, 0.05) is 0 Å². The van der Waals surface area contributed by atoms with Crippen LogP contribution in [-0.4, -0.2) is 18.1 Å². The Morgan fingerprint density at radius 2 is 2.15 bits per heavy atom. The van der Waals surface area contributed by atoms with E-state index in [0.29, 0.717) is 0 Å². The Bertz CT molecular complexity index is 349. The number of anilines is 1. The predicted molar refractivity (Wildman–Crippen MR) is 47.6 cm³/mol. The molecule has 0 aliphatic carbocycles. The molecule has 0 unspecified atom stereocenters. The molecule has 0 fully saturated rings. The summed E-state index contributed by atoms with van der Waals surface area (Å²) >= 11 is 0. The van der Waals surface area contributed by atoms with Crippen LogP contribution in [0, 0.1) is 0 Å². The summed E-state index contributed by atoms with van der Waals surface area (Å²) in [5.74, 6) is -0.910. The van der Waals surface area contributed by atoms with E-state index in [2.05, 4.69) is 0 Å². The number of aromatic hydroxyl groups is 1. The minimum absolute atomic E-state index is 0.0922. The molecule has 0 heterocycles. The number of primary amides is 1. The van der Waals surface area contributed by atoms with Crippen LogP contribution in [-0.2, 0) is 0 Å². The molecule has 1 rings (SSSR count). The van der Waals surface area contributed by atoms with Gasteiger partial charge in [-0.25, -0.2) is 0 Å². The van der Waals surface area contributed by atoms with E-state index >= 15 is 0 Å². The van der Waals surface area contributed by atoms with Crippen LogP contribution in [0.1, 0.15) is 10.4 Å². The average molecular weight is 182 g/mol. The summed E-state index contributed by atoms with van der Waals surface area (Å²) in [6, 6.07) is 2.90. The van der Waals surface area contributed by atoms with Crippen molar-refractivity contribution in [2.24, 2.45) is 5.73 Å². The van der Waals surface area contributed by atoms with Gasteiger partial charge in [0.15, 0.2) is 5.75 Å². The molecule has 0 atom stereocenters. The molecule has 0 spiro atoms. The molecule has 0 aliphatic heterocycles. The van der Waals surface area contributed by atoms with Gasteiger partial charge < -0.3 is 21.3 Å². The first-order chi connectivity index (χ1) is 6.07. The van der Waals surface area contributed by atoms with E-state index in [1.807, 2.05) is 0 Å². The standard InChI is InChI=1S/C8H10N2O3/c1-13-5-3-2-4(9)7(11)6(5)8(10)12/h2-3,11H,9H2,1H3,(H2,10,12). The molecule has 0 aromatic heterocycles. The number of ether oxygens (including phenoxy) is 1. The topological polar surface area (TPSA) is 98.6 Å². The number of nitrogen functional groups attached to an aromatic ring is 1. The number of hydrogen-bond donors (Lipinski definition) is 3. The Morgan fingerprint density at radius 1 is 1.54 bits per heavy atom. The van der Waals surface area contributed by atoms with Gasteiger partial charge in [0.25, 0.3) is 5.91 Å². The summed E-state index contributed by atoms with van der Waals surface area (Å²) in [7, 11) is 1.37. The maximum absolute atomic E-state index is 10.9. The van der Waals surface area contributed by atoms with Crippen molar-refractivity contribution in [3.8, 4) is 11.5 Å². The summed E-state index contributed by atoms with van der Waals surface area (Å²) in [6.45, 7) is 0. The fourth-order valence-corrected chi connectivity index (χ4v) is 0.997. The summed E-state index contributed by atoms with van der Waals surface area (Å²) in [4.78, 5) is 10.9. The third kappa shape index (κ3) is 1.48. The molecular weight excluding hydrogens is 172 g/mol. The first kappa shape index (κ1) is 9.18. The zero-order chi connectivity index (χ0) is 10.0. The molecule has 0 bridgehead atoms. The lowest BCUT2D eigenvalue weighted by Gasteiger charge is -2.08. The molecule has 5 N–H and O–H groups in total. The van der Waals surface area contributed by atoms with Crippen LogP contribution in [0.3, 0.4) is 0 Å². The number of benzene rings is 1. The number of hydrogen-bond acceptors (Lipinski definition) is 4. The Hall–Kier alpha value is -1.91. The zero-order valence-corrected chi connectivity index (χ0v) is 7.07. The van der Waals surface area contributed by atoms with Gasteiger partial charge in [-0.1, -0.05) is 0 Å². The Morgan fingerprint density at radius 3 is 2.62 bits per heavy atom. The van der Waals surface area contributed by atoms with E-state index in [1.165, 1.54) is 19.2 Å². The molecule has 0 saturated carbocycles. The molecular formula is C8H10N2O3. The monoisotopic (exact) mass is 182 g/mol.